The van der Waals surface area contributed by atoms with Crippen LogP contribution in [0, 0.1) is 5.82 Å². The molecule has 25 heavy (non-hydrogen) atoms. The molecule has 0 fully saturated rings. The van der Waals surface area contributed by atoms with Crippen LogP contribution in [0.3, 0.4) is 0 Å². The van der Waals surface area contributed by atoms with Crippen molar-refractivity contribution in [3.05, 3.63) is 66.0 Å². The van der Waals surface area contributed by atoms with Crippen molar-refractivity contribution in [1.29, 1.82) is 0 Å². The first kappa shape index (κ1) is 18.0. The Kier molecular flexibility index (Phi) is 6.53. The zero-order valence-electron chi connectivity index (χ0n) is 13.5. The van der Waals surface area contributed by atoms with Crippen LogP contribution < -0.4 is 20.3 Å². The summed E-state index contributed by atoms with van der Waals surface area (Å²) in [5, 5.41) is 0. The molecule has 0 radical (unpaired) electrons. The average molecular weight is 344 g/mol. The minimum Gasteiger partial charge on any atom is -0.497 e. The second-order valence-corrected chi connectivity index (χ2v) is 4.89. The highest BCUT2D eigenvalue weighted by Gasteiger charge is 2.04. The largest absolute Gasteiger partial charge is 0.497 e. The number of rotatable bonds is 6. The lowest BCUT2D eigenvalue weighted by atomic mass is 10.2. The Morgan fingerprint density at radius 3 is 2.28 bits per heavy atom. The predicted molar refractivity (Wildman–Crippen MR) is 90.2 cm³/mol. The second-order valence-electron chi connectivity index (χ2n) is 4.89. The third-order valence-electron chi connectivity index (χ3n) is 3.05. The molecule has 0 aliphatic heterocycles. The van der Waals surface area contributed by atoms with Gasteiger partial charge < -0.3 is 9.47 Å². The van der Waals surface area contributed by atoms with Crippen LogP contribution in [0.2, 0.25) is 0 Å². The first-order chi connectivity index (χ1) is 12.1. The smallest absolute Gasteiger partial charge is 0.276 e. The highest BCUT2D eigenvalue weighted by molar-refractivity contribution is 5.93. The van der Waals surface area contributed by atoms with Crippen LogP contribution >= 0.6 is 0 Å². The number of hydrogen-bond acceptors (Lipinski definition) is 4. The summed E-state index contributed by atoms with van der Waals surface area (Å²) >= 11 is 0. The van der Waals surface area contributed by atoms with Crippen LogP contribution in [0.15, 0.2) is 54.6 Å². The van der Waals surface area contributed by atoms with Crippen molar-refractivity contribution in [3.63, 3.8) is 0 Å². The molecule has 7 heteroatoms. The fourth-order valence-electron chi connectivity index (χ4n) is 1.78. The van der Waals surface area contributed by atoms with Crippen LogP contribution in [-0.4, -0.2) is 25.5 Å². The highest BCUT2D eigenvalue weighted by Crippen LogP contribution is 2.16. The predicted octanol–water partition coefficient (Wildman–Crippen LogP) is 2.07. The fraction of sp³-hybridized carbons (Fsp3) is 0.111. The zero-order chi connectivity index (χ0) is 18.1. The first-order valence-electron chi connectivity index (χ1n) is 7.36. The molecule has 0 atom stereocenters. The standard InChI is InChI=1S/C18H17FN2O4/c1-24-15-7-9-16(10-8-15)25-12-18(23)21-20-17(22)11-4-13-2-5-14(19)6-3-13/h2-11H,12H2,1H3,(H,20,22)(H,21,23). The number of methoxy groups -OCH3 is 1. The van der Waals surface area contributed by atoms with E-state index in [1.165, 1.54) is 36.4 Å². The molecule has 2 N–H and O–H groups in total. The summed E-state index contributed by atoms with van der Waals surface area (Å²) in [6, 6.07) is 12.4. The van der Waals surface area contributed by atoms with Crippen LogP contribution in [0.4, 0.5) is 4.39 Å². The monoisotopic (exact) mass is 344 g/mol. The average Bonchev–Trinajstić information content (AvgIpc) is 2.64. The van der Waals surface area contributed by atoms with E-state index >= 15 is 0 Å². The van der Waals surface area contributed by atoms with Gasteiger partial charge in [0.15, 0.2) is 6.61 Å². The van der Waals surface area contributed by atoms with Crippen molar-refractivity contribution in [3.8, 4) is 11.5 Å². The Hall–Kier alpha value is -3.35. The van der Waals surface area contributed by atoms with Crippen molar-refractivity contribution in [2.45, 2.75) is 0 Å². The highest BCUT2D eigenvalue weighted by atomic mass is 19.1. The molecular weight excluding hydrogens is 327 g/mol. The number of ether oxygens (including phenoxy) is 2. The number of nitrogens with one attached hydrogen (secondary N) is 2. The van der Waals surface area contributed by atoms with Gasteiger partial charge in [0, 0.05) is 6.08 Å². The van der Waals surface area contributed by atoms with Crippen LogP contribution in [0.5, 0.6) is 11.5 Å². The van der Waals surface area contributed by atoms with Gasteiger partial charge in [0.1, 0.15) is 17.3 Å². The van der Waals surface area contributed by atoms with Crippen LogP contribution in [0.1, 0.15) is 5.56 Å². The summed E-state index contributed by atoms with van der Waals surface area (Å²) in [5.74, 6) is -0.220. The molecule has 0 aliphatic rings. The lowest BCUT2D eigenvalue weighted by Crippen LogP contribution is -2.43. The summed E-state index contributed by atoms with van der Waals surface area (Å²) < 4.78 is 23.0. The van der Waals surface area contributed by atoms with Gasteiger partial charge in [-0.15, -0.1) is 0 Å². The van der Waals surface area contributed by atoms with E-state index in [2.05, 4.69) is 10.9 Å². The van der Waals surface area contributed by atoms with Crippen molar-refractivity contribution < 1.29 is 23.5 Å². The molecule has 2 rings (SSSR count). The Morgan fingerprint density at radius 2 is 1.64 bits per heavy atom. The molecule has 0 saturated carbocycles. The number of hydrogen-bond donors (Lipinski definition) is 2. The molecule has 0 aromatic heterocycles. The van der Waals surface area contributed by atoms with E-state index in [1.807, 2.05) is 0 Å². The van der Waals surface area contributed by atoms with E-state index in [0.29, 0.717) is 17.1 Å². The number of hydrazine groups is 1. The molecule has 0 saturated heterocycles. The molecule has 6 nitrogen and oxygen atoms in total. The van der Waals surface area contributed by atoms with Gasteiger partial charge in [-0.05, 0) is 48.0 Å². The maximum atomic E-state index is 12.8. The Bertz CT molecular complexity index is 743. The van der Waals surface area contributed by atoms with Gasteiger partial charge in [-0.2, -0.15) is 0 Å². The first-order valence-corrected chi connectivity index (χ1v) is 7.36. The summed E-state index contributed by atoms with van der Waals surface area (Å²) in [6.45, 7) is -0.256. The van der Waals surface area contributed by atoms with Gasteiger partial charge in [-0.1, -0.05) is 12.1 Å². The third kappa shape index (κ3) is 6.34. The summed E-state index contributed by atoms with van der Waals surface area (Å²) in [6.07, 6.45) is 2.71. The molecule has 130 valence electrons. The topological polar surface area (TPSA) is 76.7 Å². The van der Waals surface area contributed by atoms with E-state index in [9.17, 15) is 14.0 Å². The van der Waals surface area contributed by atoms with E-state index < -0.39 is 11.8 Å². The van der Waals surface area contributed by atoms with E-state index in [0.717, 1.165) is 0 Å². The van der Waals surface area contributed by atoms with Gasteiger partial charge in [0.05, 0.1) is 7.11 Å². The molecule has 0 bridgehead atoms. The summed E-state index contributed by atoms with van der Waals surface area (Å²) in [7, 11) is 1.55. The van der Waals surface area contributed by atoms with E-state index in [1.54, 1.807) is 31.4 Å². The Labute approximate surface area is 144 Å². The number of amides is 2. The van der Waals surface area contributed by atoms with Gasteiger partial charge in [-0.3, -0.25) is 20.4 Å². The number of benzene rings is 2. The van der Waals surface area contributed by atoms with Crippen molar-refractivity contribution in [2.75, 3.05) is 13.7 Å². The maximum Gasteiger partial charge on any atom is 0.276 e. The lowest BCUT2D eigenvalue weighted by molar-refractivity contribution is -0.128. The fourth-order valence-corrected chi connectivity index (χ4v) is 1.78. The van der Waals surface area contributed by atoms with Crippen LogP contribution in [-0.2, 0) is 9.59 Å². The molecule has 0 unspecified atom stereocenters. The number of halogens is 1. The molecular formula is C18H17FN2O4. The molecule has 0 spiro atoms. The molecule has 2 aromatic rings. The lowest BCUT2D eigenvalue weighted by Gasteiger charge is -2.08. The Balaban J connectivity index is 1.71. The van der Waals surface area contributed by atoms with E-state index in [-0.39, 0.29) is 12.4 Å². The third-order valence-corrected chi connectivity index (χ3v) is 3.05. The van der Waals surface area contributed by atoms with Crippen molar-refractivity contribution in [1.82, 2.24) is 10.9 Å². The zero-order valence-corrected chi connectivity index (χ0v) is 13.5. The Morgan fingerprint density at radius 1 is 1.00 bits per heavy atom. The molecule has 0 aliphatic carbocycles. The van der Waals surface area contributed by atoms with Crippen molar-refractivity contribution in [2.24, 2.45) is 0 Å². The SMILES string of the molecule is COc1ccc(OCC(=O)NNC(=O)C=Cc2ccc(F)cc2)cc1. The maximum absolute atomic E-state index is 12.8. The van der Waals surface area contributed by atoms with E-state index in [4.69, 9.17) is 9.47 Å². The van der Waals surface area contributed by atoms with Gasteiger partial charge >= 0.3 is 0 Å². The van der Waals surface area contributed by atoms with Gasteiger partial charge in [0.2, 0.25) is 0 Å². The summed E-state index contributed by atoms with van der Waals surface area (Å²) in [5.41, 5.74) is 5.10. The molecule has 2 amide bonds. The molecule has 0 heterocycles. The van der Waals surface area contributed by atoms with Crippen LogP contribution in [0.25, 0.3) is 6.08 Å². The number of carbonyl (C=O) groups excluding carboxylic acids is 2. The summed E-state index contributed by atoms with van der Waals surface area (Å²) in [4.78, 5) is 23.2. The normalized spacial score (nSPS) is 10.3. The minimum absolute atomic E-state index is 0.256. The second kappa shape index (κ2) is 9.07. The quantitative estimate of drug-likeness (QED) is 0.621. The number of carbonyl (C=O) groups is 2. The molecule has 2 aromatic carbocycles. The van der Waals surface area contributed by atoms with Crippen molar-refractivity contribution >= 4 is 17.9 Å². The minimum atomic E-state index is -0.526. The van der Waals surface area contributed by atoms with Gasteiger partial charge in [0.25, 0.3) is 11.8 Å². The van der Waals surface area contributed by atoms with Gasteiger partial charge in [-0.25, -0.2) is 4.39 Å².